The van der Waals surface area contributed by atoms with Gasteiger partial charge in [0.25, 0.3) is 6.43 Å². The fourth-order valence-corrected chi connectivity index (χ4v) is 2.99. The van der Waals surface area contributed by atoms with E-state index >= 15 is 0 Å². The number of halogens is 2. The summed E-state index contributed by atoms with van der Waals surface area (Å²) in [6, 6.07) is 8.76. The number of imidazole rings is 1. The number of aromatic nitrogens is 4. The standard InChI is InChI=1S/C16H15F2N5O6S/c17-10(18)8-29-12(24)6-11-19-14(22-30(26,27)28)13-15(20-11)23(16(25)21-13)7-9-4-2-1-3-5-9/h1-5,10H,6-8H2,(H,21,25)(H,19,20,22)(H,26,27,28). The molecule has 0 atom stereocenters. The van der Waals surface area contributed by atoms with Crippen LogP contribution in [0.3, 0.4) is 0 Å². The van der Waals surface area contributed by atoms with Gasteiger partial charge < -0.3 is 9.72 Å². The molecule has 3 N–H and O–H groups in total. The van der Waals surface area contributed by atoms with Crippen LogP contribution in [-0.2, 0) is 32.8 Å². The summed E-state index contributed by atoms with van der Waals surface area (Å²) in [5, 5.41) is 0. The van der Waals surface area contributed by atoms with Gasteiger partial charge in [0.15, 0.2) is 18.1 Å². The molecule has 0 saturated carbocycles. The van der Waals surface area contributed by atoms with Crippen LogP contribution in [0.4, 0.5) is 14.6 Å². The first-order valence-electron chi connectivity index (χ1n) is 8.34. The minimum atomic E-state index is -4.78. The number of fused-ring (bicyclic) bond motifs is 1. The lowest BCUT2D eigenvalue weighted by atomic mass is 10.2. The first-order chi connectivity index (χ1) is 14.1. The number of carbonyl (C=O) groups excluding carboxylic acids is 1. The molecule has 0 aliphatic heterocycles. The number of nitrogens with one attached hydrogen (secondary N) is 2. The van der Waals surface area contributed by atoms with Crippen molar-refractivity contribution >= 4 is 33.3 Å². The summed E-state index contributed by atoms with van der Waals surface area (Å²) in [7, 11) is -4.78. The normalized spacial score (nSPS) is 11.7. The smallest absolute Gasteiger partial charge is 0.358 e. The summed E-state index contributed by atoms with van der Waals surface area (Å²) in [6.07, 6.45) is -3.54. The Kier molecular flexibility index (Phi) is 6.07. The van der Waals surface area contributed by atoms with E-state index in [0.29, 0.717) is 0 Å². The van der Waals surface area contributed by atoms with E-state index in [1.807, 2.05) is 0 Å². The van der Waals surface area contributed by atoms with Crippen LogP contribution in [0.1, 0.15) is 11.4 Å². The monoisotopic (exact) mass is 443 g/mol. The minimum Gasteiger partial charge on any atom is -0.459 e. The van der Waals surface area contributed by atoms with Crippen molar-refractivity contribution in [1.29, 1.82) is 0 Å². The van der Waals surface area contributed by atoms with E-state index < -0.39 is 47.2 Å². The lowest BCUT2D eigenvalue weighted by Gasteiger charge is -2.08. The zero-order valence-electron chi connectivity index (χ0n) is 15.1. The lowest BCUT2D eigenvalue weighted by Crippen LogP contribution is -2.19. The number of esters is 1. The van der Waals surface area contributed by atoms with Crippen molar-refractivity contribution in [2.75, 3.05) is 11.3 Å². The second-order valence-electron chi connectivity index (χ2n) is 6.02. The highest BCUT2D eigenvalue weighted by atomic mass is 32.2. The molecule has 3 aromatic rings. The Labute approximate surface area is 167 Å². The average molecular weight is 443 g/mol. The van der Waals surface area contributed by atoms with Crippen LogP contribution in [0.25, 0.3) is 11.2 Å². The molecular formula is C16H15F2N5O6S. The van der Waals surface area contributed by atoms with Gasteiger partial charge in [0.1, 0.15) is 17.8 Å². The van der Waals surface area contributed by atoms with Crippen LogP contribution in [0, 0.1) is 0 Å². The maximum absolute atomic E-state index is 12.4. The second kappa shape index (κ2) is 8.54. The molecule has 3 rings (SSSR count). The third kappa shape index (κ3) is 5.36. The first kappa shape index (κ1) is 21.3. The third-order valence-corrected chi connectivity index (χ3v) is 4.20. The van der Waals surface area contributed by atoms with Crippen molar-refractivity contribution in [3.63, 3.8) is 0 Å². The maximum Gasteiger partial charge on any atom is 0.358 e. The summed E-state index contributed by atoms with van der Waals surface area (Å²) in [5.41, 5.74) is -0.139. The molecule has 2 heterocycles. The summed E-state index contributed by atoms with van der Waals surface area (Å²) in [4.78, 5) is 34.4. The third-order valence-electron chi connectivity index (χ3n) is 3.75. The number of alkyl halides is 2. The van der Waals surface area contributed by atoms with Crippen molar-refractivity contribution in [1.82, 2.24) is 19.5 Å². The zero-order chi connectivity index (χ0) is 21.9. The molecule has 2 aromatic heterocycles. The Morgan fingerprint density at radius 3 is 2.60 bits per heavy atom. The molecule has 30 heavy (non-hydrogen) atoms. The molecule has 0 aliphatic rings. The predicted octanol–water partition coefficient (Wildman–Crippen LogP) is 0.733. The molecule has 0 amide bonds. The highest BCUT2D eigenvalue weighted by Gasteiger charge is 2.20. The molecule has 0 bridgehead atoms. The van der Waals surface area contributed by atoms with Gasteiger partial charge in [-0.15, -0.1) is 0 Å². The van der Waals surface area contributed by atoms with Gasteiger partial charge in [-0.2, -0.15) is 8.42 Å². The van der Waals surface area contributed by atoms with Crippen LogP contribution < -0.4 is 10.4 Å². The van der Waals surface area contributed by atoms with Crippen molar-refractivity contribution in [3.8, 4) is 0 Å². The molecule has 14 heteroatoms. The van der Waals surface area contributed by atoms with Gasteiger partial charge in [0.2, 0.25) is 0 Å². The Morgan fingerprint density at radius 2 is 1.97 bits per heavy atom. The van der Waals surface area contributed by atoms with E-state index in [2.05, 4.69) is 19.7 Å². The topological polar surface area (TPSA) is 156 Å². The number of nitrogens with zero attached hydrogens (tertiary/aromatic N) is 3. The summed E-state index contributed by atoms with van der Waals surface area (Å²) >= 11 is 0. The Morgan fingerprint density at radius 1 is 1.27 bits per heavy atom. The van der Waals surface area contributed by atoms with Gasteiger partial charge in [-0.3, -0.25) is 13.9 Å². The number of hydrogen-bond donors (Lipinski definition) is 3. The maximum atomic E-state index is 12.4. The van der Waals surface area contributed by atoms with E-state index in [0.717, 1.165) is 10.1 Å². The Balaban J connectivity index is 2.05. The van der Waals surface area contributed by atoms with E-state index in [4.69, 9.17) is 4.55 Å². The summed E-state index contributed by atoms with van der Waals surface area (Å²) in [5.74, 6) is -1.89. The number of aromatic amines is 1. The van der Waals surface area contributed by atoms with Crippen LogP contribution in [0.2, 0.25) is 0 Å². The molecule has 0 radical (unpaired) electrons. The molecule has 160 valence electrons. The lowest BCUT2D eigenvalue weighted by molar-refractivity contribution is -0.146. The van der Waals surface area contributed by atoms with Gasteiger partial charge in [-0.05, 0) is 5.56 Å². The van der Waals surface area contributed by atoms with E-state index in [1.165, 1.54) is 0 Å². The van der Waals surface area contributed by atoms with E-state index in [-0.39, 0.29) is 23.5 Å². The van der Waals surface area contributed by atoms with Gasteiger partial charge in [0, 0.05) is 0 Å². The van der Waals surface area contributed by atoms with Crippen LogP contribution in [-0.4, -0.2) is 51.5 Å². The highest BCUT2D eigenvalue weighted by Crippen LogP contribution is 2.19. The summed E-state index contributed by atoms with van der Waals surface area (Å²) in [6.45, 7) is -1.07. The van der Waals surface area contributed by atoms with Crippen molar-refractivity contribution < 1.29 is 31.3 Å². The highest BCUT2D eigenvalue weighted by molar-refractivity contribution is 7.87. The van der Waals surface area contributed by atoms with Crippen molar-refractivity contribution in [3.05, 3.63) is 52.2 Å². The number of rotatable bonds is 8. The van der Waals surface area contributed by atoms with Gasteiger partial charge in [-0.25, -0.2) is 28.3 Å². The number of H-pyrrole nitrogens is 1. The quantitative estimate of drug-likeness (QED) is 0.340. The average Bonchev–Trinajstić information content (AvgIpc) is 2.96. The fraction of sp³-hybridized carbons (Fsp3) is 0.250. The van der Waals surface area contributed by atoms with E-state index in [1.54, 1.807) is 35.1 Å². The van der Waals surface area contributed by atoms with Crippen LogP contribution in [0.5, 0.6) is 0 Å². The molecule has 0 aliphatic carbocycles. The van der Waals surface area contributed by atoms with Gasteiger partial charge in [-0.1, -0.05) is 30.3 Å². The Hall–Kier alpha value is -3.39. The molecule has 0 unspecified atom stereocenters. The number of hydrogen-bond acceptors (Lipinski definition) is 7. The van der Waals surface area contributed by atoms with E-state index in [9.17, 15) is 26.8 Å². The summed E-state index contributed by atoms with van der Waals surface area (Å²) < 4.78 is 63.2. The molecule has 11 nitrogen and oxygen atoms in total. The van der Waals surface area contributed by atoms with Gasteiger partial charge in [0.05, 0.1) is 6.54 Å². The second-order valence-corrected chi connectivity index (χ2v) is 7.17. The SMILES string of the molecule is O=C(Cc1nc(NS(=O)(=O)O)c2[nH]c(=O)n(Cc3ccccc3)c2n1)OCC(F)F. The first-order valence-corrected chi connectivity index (χ1v) is 9.79. The van der Waals surface area contributed by atoms with Crippen LogP contribution >= 0.6 is 0 Å². The van der Waals surface area contributed by atoms with Crippen LogP contribution in [0.15, 0.2) is 35.1 Å². The van der Waals surface area contributed by atoms with Gasteiger partial charge >= 0.3 is 22.0 Å². The number of benzene rings is 1. The van der Waals surface area contributed by atoms with Crippen molar-refractivity contribution in [2.24, 2.45) is 0 Å². The fourth-order valence-electron chi connectivity index (χ4n) is 2.60. The largest absolute Gasteiger partial charge is 0.459 e. The molecule has 1 aromatic carbocycles. The Bertz CT molecular complexity index is 1230. The number of anilines is 1. The molecule has 0 fully saturated rings. The predicted molar refractivity (Wildman–Crippen MR) is 99.5 cm³/mol. The minimum absolute atomic E-state index is 0.0528. The van der Waals surface area contributed by atoms with Crippen molar-refractivity contribution in [2.45, 2.75) is 19.4 Å². The molecular weight excluding hydrogens is 428 g/mol. The molecule has 0 saturated heterocycles. The number of carbonyl (C=O) groups is 1. The zero-order valence-corrected chi connectivity index (χ0v) is 15.9. The molecule has 0 spiro atoms. The number of ether oxygens (including phenoxy) is 1.